The molecule has 6 nitrogen and oxygen atoms in total. The molecule has 2 aromatic heterocycles. The summed E-state index contributed by atoms with van der Waals surface area (Å²) in [5.41, 5.74) is 2.03. The SMILES string of the molecule is OCCc1nnc2cc(N3CCNCC3)ccn12. The summed E-state index contributed by atoms with van der Waals surface area (Å²) in [7, 11) is 0. The fraction of sp³-hybridized carbons (Fsp3) is 0.500. The first-order valence-corrected chi connectivity index (χ1v) is 6.28. The highest BCUT2D eigenvalue weighted by Crippen LogP contribution is 2.17. The van der Waals surface area contributed by atoms with E-state index in [2.05, 4.69) is 32.5 Å². The maximum absolute atomic E-state index is 8.96. The Morgan fingerprint density at radius 1 is 1.28 bits per heavy atom. The monoisotopic (exact) mass is 247 g/mol. The number of hydrogen-bond donors (Lipinski definition) is 2. The van der Waals surface area contributed by atoms with Crippen LogP contribution in [0, 0.1) is 0 Å². The van der Waals surface area contributed by atoms with Gasteiger partial charge in [-0.3, -0.25) is 4.40 Å². The summed E-state index contributed by atoms with van der Waals surface area (Å²) in [6.45, 7) is 4.18. The Morgan fingerprint density at radius 3 is 2.89 bits per heavy atom. The number of pyridine rings is 1. The Kier molecular flexibility index (Phi) is 3.12. The van der Waals surface area contributed by atoms with Crippen LogP contribution < -0.4 is 10.2 Å². The van der Waals surface area contributed by atoms with E-state index in [9.17, 15) is 0 Å². The summed E-state index contributed by atoms with van der Waals surface area (Å²) in [6, 6.07) is 4.14. The van der Waals surface area contributed by atoms with Crippen molar-refractivity contribution in [3.8, 4) is 0 Å². The lowest BCUT2D eigenvalue weighted by Crippen LogP contribution is -2.43. The number of nitrogens with one attached hydrogen (secondary N) is 1. The van der Waals surface area contributed by atoms with Crippen LogP contribution in [0.15, 0.2) is 18.3 Å². The van der Waals surface area contributed by atoms with Crippen LogP contribution in [0.1, 0.15) is 5.82 Å². The van der Waals surface area contributed by atoms with Gasteiger partial charge in [-0.05, 0) is 6.07 Å². The molecule has 0 atom stereocenters. The number of aliphatic hydroxyl groups is 1. The van der Waals surface area contributed by atoms with Crippen molar-refractivity contribution in [3.63, 3.8) is 0 Å². The molecular formula is C12H17N5O. The molecule has 3 heterocycles. The van der Waals surface area contributed by atoms with Crippen LogP contribution in [0.25, 0.3) is 5.65 Å². The van der Waals surface area contributed by atoms with Crippen LogP contribution in [0.2, 0.25) is 0 Å². The molecule has 0 saturated carbocycles. The van der Waals surface area contributed by atoms with Crippen molar-refractivity contribution < 1.29 is 5.11 Å². The van der Waals surface area contributed by atoms with Crippen LogP contribution in [0.4, 0.5) is 5.69 Å². The van der Waals surface area contributed by atoms with Crippen LogP contribution in [0.3, 0.4) is 0 Å². The zero-order valence-electron chi connectivity index (χ0n) is 10.2. The lowest BCUT2D eigenvalue weighted by molar-refractivity contribution is 0.296. The topological polar surface area (TPSA) is 65.7 Å². The highest BCUT2D eigenvalue weighted by Gasteiger charge is 2.12. The molecule has 6 heteroatoms. The van der Waals surface area contributed by atoms with E-state index >= 15 is 0 Å². The molecule has 0 spiro atoms. The Morgan fingerprint density at radius 2 is 2.11 bits per heavy atom. The Labute approximate surface area is 105 Å². The third-order valence-corrected chi connectivity index (χ3v) is 3.28. The lowest BCUT2D eigenvalue weighted by atomic mass is 10.3. The van der Waals surface area contributed by atoms with Crippen molar-refractivity contribution in [2.24, 2.45) is 0 Å². The van der Waals surface area contributed by atoms with E-state index in [0.29, 0.717) is 6.42 Å². The van der Waals surface area contributed by atoms with Crippen molar-refractivity contribution in [3.05, 3.63) is 24.2 Å². The van der Waals surface area contributed by atoms with Gasteiger partial charge >= 0.3 is 0 Å². The Hall–Kier alpha value is -1.66. The van der Waals surface area contributed by atoms with E-state index < -0.39 is 0 Å². The molecule has 0 amide bonds. The molecule has 1 aliphatic rings. The minimum absolute atomic E-state index is 0.0976. The zero-order valence-corrected chi connectivity index (χ0v) is 10.2. The van der Waals surface area contributed by atoms with Gasteiger partial charge in [0.05, 0.1) is 6.61 Å². The van der Waals surface area contributed by atoms with Crippen molar-refractivity contribution in [1.29, 1.82) is 0 Å². The van der Waals surface area contributed by atoms with E-state index in [1.54, 1.807) is 0 Å². The quantitative estimate of drug-likeness (QED) is 0.778. The number of fused-ring (bicyclic) bond motifs is 1. The average molecular weight is 247 g/mol. The third kappa shape index (κ3) is 2.04. The molecule has 3 rings (SSSR count). The van der Waals surface area contributed by atoms with E-state index in [-0.39, 0.29) is 6.61 Å². The number of aromatic nitrogens is 3. The minimum atomic E-state index is 0.0976. The second-order valence-corrected chi connectivity index (χ2v) is 4.44. The van der Waals surface area contributed by atoms with Gasteiger partial charge in [0.1, 0.15) is 5.82 Å². The van der Waals surface area contributed by atoms with Crippen molar-refractivity contribution in [2.45, 2.75) is 6.42 Å². The molecule has 0 radical (unpaired) electrons. The number of piperazine rings is 1. The van der Waals surface area contributed by atoms with E-state index in [1.165, 1.54) is 5.69 Å². The number of aliphatic hydroxyl groups excluding tert-OH is 1. The molecule has 1 saturated heterocycles. The number of rotatable bonds is 3. The van der Waals surface area contributed by atoms with E-state index in [4.69, 9.17) is 5.11 Å². The third-order valence-electron chi connectivity index (χ3n) is 3.28. The molecule has 0 unspecified atom stereocenters. The molecule has 1 aliphatic heterocycles. The van der Waals surface area contributed by atoms with Gasteiger partial charge in [0, 0.05) is 50.6 Å². The predicted octanol–water partition coefficient (Wildman–Crippen LogP) is -0.326. The second-order valence-electron chi connectivity index (χ2n) is 4.44. The number of nitrogens with zero attached hydrogens (tertiary/aromatic N) is 4. The lowest BCUT2D eigenvalue weighted by Gasteiger charge is -2.29. The van der Waals surface area contributed by atoms with Crippen molar-refractivity contribution >= 4 is 11.3 Å². The van der Waals surface area contributed by atoms with Gasteiger partial charge in [-0.25, -0.2) is 0 Å². The molecule has 0 aromatic carbocycles. The van der Waals surface area contributed by atoms with Gasteiger partial charge in [0.25, 0.3) is 0 Å². The molecule has 0 aliphatic carbocycles. The normalized spacial score (nSPS) is 16.4. The minimum Gasteiger partial charge on any atom is -0.396 e. The summed E-state index contributed by atoms with van der Waals surface area (Å²) in [4.78, 5) is 2.34. The predicted molar refractivity (Wildman–Crippen MR) is 68.9 cm³/mol. The highest BCUT2D eigenvalue weighted by molar-refractivity contribution is 5.56. The average Bonchev–Trinajstić information content (AvgIpc) is 2.83. The fourth-order valence-electron chi connectivity index (χ4n) is 2.32. The fourth-order valence-corrected chi connectivity index (χ4v) is 2.32. The molecule has 96 valence electrons. The van der Waals surface area contributed by atoms with Gasteiger partial charge in [0.15, 0.2) is 5.65 Å². The van der Waals surface area contributed by atoms with Gasteiger partial charge in [-0.15, -0.1) is 10.2 Å². The summed E-state index contributed by atoms with van der Waals surface area (Å²) in [6.07, 6.45) is 2.52. The second kappa shape index (κ2) is 4.91. The van der Waals surface area contributed by atoms with Gasteiger partial charge in [0.2, 0.25) is 0 Å². The number of anilines is 1. The van der Waals surface area contributed by atoms with E-state index in [0.717, 1.165) is 37.7 Å². The van der Waals surface area contributed by atoms with E-state index in [1.807, 2.05) is 10.6 Å². The van der Waals surface area contributed by atoms with Crippen molar-refractivity contribution in [1.82, 2.24) is 19.9 Å². The molecule has 2 aromatic rings. The summed E-state index contributed by atoms with van der Waals surface area (Å²) in [5, 5.41) is 20.5. The maximum atomic E-state index is 8.96. The largest absolute Gasteiger partial charge is 0.396 e. The summed E-state index contributed by atoms with van der Waals surface area (Å²) >= 11 is 0. The zero-order chi connectivity index (χ0) is 12.4. The Balaban J connectivity index is 1.91. The molecule has 18 heavy (non-hydrogen) atoms. The van der Waals surface area contributed by atoms with Crippen LogP contribution in [0.5, 0.6) is 0 Å². The first-order valence-electron chi connectivity index (χ1n) is 6.28. The number of hydrogen-bond acceptors (Lipinski definition) is 5. The molecule has 2 N–H and O–H groups in total. The summed E-state index contributed by atoms with van der Waals surface area (Å²) < 4.78 is 1.93. The maximum Gasteiger partial charge on any atom is 0.162 e. The first kappa shape index (κ1) is 11.4. The molecule has 0 bridgehead atoms. The van der Waals surface area contributed by atoms with Crippen LogP contribution >= 0.6 is 0 Å². The van der Waals surface area contributed by atoms with Gasteiger partial charge < -0.3 is 15.3 Å². The standard InChI is InChI=1S/C12H17N5O/c18-8-2-11-14-15-12-9-10(1-5-17(11)12)16-6-3-13-4-7-16/h1,5,9,13,18H,2-4,6-8H2. The molecular weight excluding hydrogens is 230 g/mol. The van der Waals surface area contributed by atoms with Gasteiger partial charge in [-0.1, -0.05) is 0 Å². The van der Waals surface area contributed by atoms with Gasteiger partial charge in [-0.2, -0.15) is 0 Å². The Bertz CT molecular complexity index is 532. The van der Waals surface area contributed by atoms with Crippen molar-refractivity contribution in [2.75, 3.05) is 37.7 Å². The molecule has 1 fully saturated rings. The highest BCUT2D eigenvalue weighted by atomic mass is 16.3. The first-order chi connectivity index (χ1) is 8.88. The van der Waals surface area contributed by atoms with Crippen LogP contribution in [-0.2, 0) is 6.42 Å². The smallest absolute Gasteiger partial charge is 0.162 e. The summed E-state index contributed by atoms with van der Waals surface area (Å²) in [5.74, 6) is 0.805. The van der Waals surface area contributed by atoms with Crippen LogP contribution in [-0.4, -0.2) is 52.5 Å².